The highest BCUT2D eigenvalue weighted by Crippen LogP contribution is 2.70. The van der Waals surface area contributed by atoms with Crippen molar-refractivity contribution in [3.8, 4) is 0 Å². The number of Topliss-reactive ketones (excluding diaryl/α,β-unsaturated/α-hetero) is 1. The van der Waals surface area contributed by atoms with Crippen molar-refractivity contribution in [2.24, 2.45) is 16.2 Å². The second-order valence-corrected chi connectivity index (χ2v) is 7.54. The SMILES string of the molecule is CC1(C)[C@@]2(C(=O)Nc3ccc(Cl)cc3)CC[C@]1(C)C(=O)C2. The fraction of sp³-hybridized carbons (Fsp3) is 0.529. The highest BCUT2D eigenvalue weighted by Gasteiger charge is 2.72. The van der Waals surface area contributed by atoms with E-state index in [0.29, 0.717) is 11.4 Å². The van der Waals surface area contributed by atoms with E-state index in [2.05, 4.69) is 19.2 Å². The zero-order valence-corrected chi connectivity index (χ0v) is 13.4. The average molecular weight is 306 g/mol. The maximum atomic E-state index is 12.9. The molecule has 0 aliphatic heterocycles. The van der Waals surface area contributed by atoms with E-state index in [4.69, 9.17) is 11.6 Å². The van der Waals surface area contributed by atoms with Gasteiger partial charge in [-0.2, -0.15) is 0 Å². The second kappa shape index (κ2) is 4.33. The van der Waals surface area contributed by atoms with Gasteiger partial charge in [0.25, 0.3) is 0 Å². The van der Waals surface area contributed by atoms with Gasteiger partial charge in [-0.3, -0.25) is 9.59 Å². The lowest BCUT2D eigenvalue weighted by atomic mass is 9.64. The first-order chi connectivity index (χ1) is 9.73. The number of carbonyl (C=O) groups is 2. The average Bonchev–Trinajstić information content (AvgIpc) is 2.72. The molecule has 2 aliphatic rings. The number of rotatable bonds is 2. The number of hydrogen-bond acceptors (Lipinski definition) is 2. The molecule has 0 heterocycles. The highest BCUT2D eigenvalue weighted by atomic mass is 35.5. The summed E-state index contributed by atoms with van der Waals surface area (Å²) in [5.74, 6) is 0.189. The lowest BCUT2D eigenvalue weighted by molar-refractivity contribution is -0.131. The standard InChI is InChI=1S/C17H20ClNO2/c1-15(2)16(3)8-9-17(15,10-13(16)20)14(21)19-12-6-4-11(18)5-7-12/h4-7H,8-10H2,1-3H3,(H,19,21)/t16-,17+/m1/s1. The van der Waals surface area contributed by atoms with Gasteiger partial charge in [-0.05, 0) is 42.5 Å². The van der Waals surface area contributed by atoms with Crippen LogP contribution in [0.4, 0.5) is 5.69 Å². The van der Waals surface area contributed by atoms with Crippen molar-refractivity contribution in [1.82, 2.24) is 0 Å². The molecule has 3 nitrogen and oxygen atoms in total. The molecule has 21 heavy (non-hydrogen) atoms. The van der Waals surface area contributed by atoms with Gasteiger partial charge in [0.15, 0.2) is 0 Å². The summed E-state index contributed by atoms with van der Waals surface area (Å²) in [5.41, 5.74) is -0.543. The van der Waals surface area contributed by atoms with Crippen molar-refractivity contribution in [2.45, 2.75) is 40.0 Å². The van der Waals surface area contributed by atoms with Crippen molar-refractivity contribution in [3.63, 3.8) is 0 Å². The minimum Gasteiger partial charge on any atom is -0.326 e. The van der Waals surface area contributed by atoms with Gasteiger partial charge >= 0.3 is 0 Å². The van der Waals surface area contributed by atoms with Crippen LogP contribution in [0.3, 0.4) is 0 Å². The van der Waals surface area contributed by atoms with E-state index in [1.165, 1.54) is 0 Å². The van der Waals surface area contributed by atoms with E-state index in [0.717, 1.165) is 18.5 Å². The lowest BCUT2D eigenvalue weighted by Crippen LogP contribution is -2.43. The van der Waals surface area contributed by atoms with E-state index in [9.17, 15) is 9.59 Å². The molecule has 2 saturated carbocycles. The number of amides is 1. The Morgan fingerprint density at radius 2 is 1.76 bits per heavy atom. The van der Waals surface area contributed by atoms with Crippen molar-refractivity contribution in [3.05, 3.63) is 29.3 Å². The first kappa shape index (κ1) is 14.6. The third kappa shape index (κ3) is 1.73. The summed E-state index contributed by atoms with van der Waals surface area (Å²) < 4.78 is 0. The van der Waals surface area contributed by atoms with E-state index in [1.54, 1.807) is 24.3 Å². The molecule has 1 amide bonds. The molecule has 1 aromatic carbocycles. The summed E-state index contributed by atoms with van der Waals surface area (Å²) in [6, 6.07) is 7.07. The zero-order chi connectivity index (χ0) is 15.5. The Morgan fingerprint density at radius 1 is 1.14 bits per heavy atom. The molecule has 2 fully saturated rings. The van der Waals surface area contributed by atoms with Crippen LogP contribution >= 0.6 is 11.6 Å². The van der Waals surface area contributed by atoms with Crippen LogP contribution in [0.25, 0.3) is 0 Å². The Kier molecular flexibility index (Phi) is 3.00. The molecule has 0 aromatic heterocycles. The quantitative estimate of drug-likeness (QED) is 0.895. The van der Waals surface area contributed by atoms with Crippen LogP contribution in [0, 0.1) is 16.2 Å². The summed E-state index contributed by atoms with van der Waals surface area (Å²) in [4.78, 5) is 25.3. The number of fused-ring (bicyclic) bond motifs is 2. The normalized spacial score (nSPS) is 33.2. The highest BCUT2D eigenvalue weighted by molar-refractivity contribution is 6.30. The van der Waals surface area contributed by atoms with Crippen LogP contribution in [-0.4, -0.2) is 11.7 Å². The molecular formula is C17H20ClNO2. The first-order valence-corrected chi connectivity index (χ1v) is 7.71. The molecule has 1 aromatic rings. The number of benzene rings is 1. The number of nitrogens with one attached hydrogen (secondary N) is 1. The van der Waals surface area contributed by atoms with Gasteiger partial charge in [0.1, 0.15) is 5.78 Å². The maximum absolute atomic E-state index is 12.9. The molecule has 2 bridgehead atoms. The van der Waals surface area contributed by atoms with Crippen LogP contribution in [0.2, 0.25) is 5.02 Å². The van der Waals surface area contributed by atoms with Crippen LogP contribution < -0.4 is 5.32 Å². The van der Waals surface area contributed by atoms with Crippen molar-refractivity contribution in [2.75, 3.05) is 5.32 Å². The van der Waals surface area contributed by atoms with Gasteiger partial charge < -0.3 is 5.32 Å². The van der Waals surface area contributed by atoms with E-state index < -0.39 is 5.41 Å². The topological polar surface area (TPSA) is 46.2 Å². The fourth-order valence-corrected chi connectivity index (χ4v) is 4.27. The third-order valence-corrected chi connectivity index (χ3v) is 6.49. The third-order valence-electron chi connectivity index (χ3n) is 6.24. The molecule has 112 valence electrons. The minimum absolute atomic E-state index is 0.0376. The number of hydrogen-bond donors (Lipinski definition) is 1. The largest absolute Gasteiger partial charge is 0.326 e. The zero-order valence-electron chi connectivity index (χ0n) is 12.6. The molecule has 0 radical (unpaired) electrons. The maximum Gasteiger partial charge on any atom is 0.231 e. The van der Waals surface area contributed by atoms with Gasteiger partial charge in [0, 0.05) is 22.5 Å². The number of halogens is 1. The van der Waals surface area contributed by atoms with Crippen LogP contribution in [0.15, 0.2) is 24.3 Å². The van der Waals surface area contributed by atoms with Crippen LogP contribution in [0.5, 0.6) is 0 Å². The summed E-state index contributed by atoms with van der Waals surface area (Å²) in [6.45, 7) is 6.14. The smallest absolute Gasteiger partial charge is 0.231 e. The Labute approximate surface area is 130 Å². The molecule has 0 unspecified atom stereocenters. The van der Waals surface area contributed by atoms with E-state index >= 15 is 0 Å². The van der Waals surface area contributed by atoms with Gasteiger partial charge in [-0.25, -0.2) is 0 Å². The summed E-state index contributed by atoms with van der Waals surface area (Å²) in [6.07, 6.45) is 1.93. The minimum atomic E-state index is -0.585. The van der Waals surface area contributed by atoms with Crippen molar-refractivity contribution >= 4 is 29.0 Å². The van der Waals surface area contributed by atoms with Gasteiger partial charge in [-0.15, -0.1) is 0 Å². The number of anilines is 1. The van der Waals surface area contributed by atoms with Crippen LogP contribution in [-0.2, 0) is 9.59 Å². The molecule has 2 aliphatic carbocycles. The van der Waals surface area contributed by atoms with Gasteiger partial charge in [-0.1, -0.05) is 32.4 Å². The molecule has 4 heteroatoms. The fourth-order valence-electron chi connectivity index (χ4n) is 4.14. The predicted molar refractivity (Wildman–Crippen MR) is 83.3 cm³/mol. The van der Waals surface area contributed by atoms with E-state index in [-0.39, 0.29) is 22.5 Å². The molecule has 1 N–H and O–H groups in total. The van der Waals surface area contributed by atoms with Gasteiger partial charge in [0.05, 0.1) is 5.41 Å². The number of carbonyl (C=O) groups excluding carboxylic acids is 2. The van der Waals surface area contributed by atoms with E-state index in [1.807, 2.05) is 6.92 Å². The molecule has 0 saturated heterocycles. The Bertz CT molecular complexity index is 622. The molecular weight excluding hydrogens is 286 g/mol. The lowest BCUT2D eigenvalue weighted by Gasteiger charge is -2.38. The summed E-state index contributed by atoms with van der Waals surface area (Å²) in [5, 5.41) is 3.61. The Balaban J connectivity index is 1.91. The number of ketones is 1. The van der Waals surface area contributed by atoms with Crippen LogP contribution in [0.1, 0.15) is 40.0 Å². The Hall–Kier alpha value is -1.35. The first-order valence-electron chi connectivity index (χ1n) is 7.33. The Morgan fingerprint density at radius 3 is 2.24 bits per heavy atom. The second-order valence-electron chi connectivity index (χ2n) is 7.10. The molecule has 2 atom stereocenters. The van der Waals surface area contributed by atoms with Crippen molar-refractivity contribution < 1.29 is 9.59 Å². The predicted octanol–water partition coefficient (Wildman–Crippen LogP) is 4.06. The van der Waals surface area contributed by atoms with Gasteiger partial charge in [0.2, 0.25) is 5.91 Å². The van der Waals surface area contributed by atoms with Crippen molar-refractivity contribution in [1.29, 1.82) is 0 Å². The molecule has 0 spiro atoms. The molecule has 3 rings (SSSR count). The summed E-state index contributed by atoms with van der Waals surface area (Å²) in [7, 11) is 0. The summed E-state index contributed by atoms with van der Waals surface area (Å²) >= 11 is 5.86. The monoisotopic (exact) mass is 305 g/mol.